The van der Waals surface area contributed by atoms with Crippen LogP contribution in [0.2, 0.25) is 0 Å². The summed E-state index contributed by atoms with van der Waals surface area (Å²) in [5, 5.41) is 9.41. The monoisotopic (exact) mass is 1310 g/mol. The highest BCUT2D eigenvalue weighted by Crippen LogP contribution is 2.55. The molecule has 0 amide bonds. The topological polar surface area (TPSA) is 24.6 Å². The summed E-state index contributed by atoms with van der Waals surface area (Å²) in [5.41, 5.74) is 31.2. The lowest BCUT2D eigenvalue weighted by Gasteiger charge is -2.46. The fourth-order valence-electron chi connectivity index (χ4n) is 17.4. The average molecular weight is 1310 g/mol. The van der Waals surface area contributed by atoms with Gasteiger partial charge in [-0.2, -0.15) is 0 Å². The van der Waals surface area contributed by atoms with Crippen LogP contribution in [0.25, 0.3) is 149 Å². The minimum absolute atomic E-state index is 0.278. The van der Waals surface area contributed by atoms with Crippen molar-refractivity contribution in [1.82, 2.24) is 4.57 Å². The van der Waals surface area contributed by atoms with Crippen LogP contribution in [0.4, 0.5) is 34.1 Å². The van der Waals surface area contributed by atoms with E-state index in [9.17, 15) is 0 Å². The molecule has 0 atom stereocenters. The zero-order valence-corrected chi connectivity index (χ0v) is 56.1. The van der Waals surface area contributed by atoms with E-state index in [2.05, 4.69) is 390 Å². The lowest BCUT2D eigenvalue weighted by Crippen LogP contribution is -2.61. The third kappa shape index (κ3) is 9.19. The van der Waals surface area contributed by atoms with Gasteiger partial charge < -0.3 is 18.8 Å². The Morgan fingerprint density at radius 1 is 0.223 bits per heavy atom. The van der Waals surface area contributed by atoms with E-state index in [-0.39, 0.29) is 6.71 Å². The quantitative estimate of drug-likeness (QED) is 0.101. The number of para-hydroxylation sites is 5. The first-order valence-corrected chi connectivity index (χ1v) is 35.6. The minimum atomic E-state index is -0.278. The summed E-state index contributed by atoms with van der Waals surface area (Å²) in [4.78, 5) is 5.37. The van der Waals surface area contributed by atoms with E-state index in [4.69, 9.17) is 4.42 Å². The fraction of sp³-hybridized carbons (Fsp3) is 0. The number of hydrogen-bond donors (Lipinski definition) is 0. The van der Waals surface area contributed by atoms with Crippen LogP contribution >= 0.6 is 0 Å². The van der Waals surface area contributed by atoms with Gasteiger partial charge in [0.15, 0.2) is 0 Å². The maximum atomic E-state index is 6.53. The molecule has 0 unspecified atom stereocenters. The molecule has 19 aromatic rings. The van der Waals surface area contributed by atoms with Crippen molar-refractivity contribution >= 4 is 123 Å². The largest absolute Gasteiger partial charge is 0.456 e. The standard InChI is InChI=1S/C98H62BN3O/c1-6-28-63(29-7-1)72-45-26-46-73(64-30-8-2-9-31-64)97(72)101-88-59-69(68-54-57-93-83(58-68)78-40-22-25-51-92(78)103-93)52-55-84(88)99-85-56-53-70(95-81-43-18-16-41-79(81)94(67-36-14-5-15-37-67)80-42-17-19-44-82(80)95)60-89(85)102(98-74(65-32-10-3-11-33-65)47-27-48-75(98)66-34-12-4-13-35-66)91-62-71(61-90(101)96(91)99)100-86-49-23-20-38-76(86)77-39-21-24-50-87(77)100/h1-62H. The predicted octanol–water partition coefficient (Wildman–Crippen LogP) is 24.7. The molecule has 478 valence electrons. The highest BCUT2D eigenvalue weighted by Gasteiger charge is 2.46. The van der Waals surface area contributed by atoms with Gasteiger partial charge in [-0.05, 0) is 148 Å². The molecular formula is C98H62BN3O. The molecule has 4 heterocycles. The van der Waals surface area contributed by atoms with Crippen molar-refractivity contribution in [3.63, 3.8) is 0 Å². The van der Waals surface area contributed by atoms with Crippen LogP contribution in [0.1, 0.15) is 0 Å². The molecule has 5 heteroatoms. The Balaban J connectivity index is 0.945. The molecule has 2 aromatic heterocycles. The predicted molar refractivity (Wildman–Crippen MR) is 435 cm³/mol. The molecule has 21 rings (SSSR count). The normalized spacial score (nSPS) is 12.4. The highest BCUT2D eigenvalue weighted by molar-refractivity contribution is 7.00. The fourth-order valence-corrected chi connectivity index (χ4v) is 17.4. The zero-order chi connectivity index (χ0) is 67.6. The van der Waals surface area contributed by atoms with E-state index in [1.165, 1.54) is 65.4 Å². The van der Waals surface area contributed by atoms with Gasteiger partial charge in [0.25, 0.3) is 6.71 Å². The number of nitrogens with zero attached hydrogens (tertiary/aromatic N) is 3. The van der Waals surface area contributed by atoms with Gasteiger partial charge in [0, 0.05) is 66.5 Å². The Hall–Kier alpha value is -13.5. The molecule has 0 bridgehead atoms. The van der Waals surface area contributed by atoms with Gasteiger partial charge >= 0.3 is 0 Å². The number of anilines is 6. The van der Waals surface area contributed by atoms with Crippen molar-refractivity contribution in [1.29, 1.82) is 0 Å². The van der Waals surface area contributed by atoms with Gasteiger partial charge in [-0.3, -0.25) is 0 Å². The van der Waals surface area contributed by atoms with E-state index in [0.29, 0.717) is 0 Å². The molecule has 0 fully saturated rings. The highest BCUT2D eigenvalue weighted by atomic mass is 16.3. The van der Waals surface area contributed by atoms with Gasteiger partial charge in [-0.25, -0.2) is 0 Å². The zero-order valence-electron chi connectivity index (χ0n) is 56.1. The summed E-state index contributed by atoms with van der Waals surface area (Å²) in [6.07, 6.45) is 0. The maximum absolute atomic E-state index is 6.53. The van der Waals surface area contributed by atoms with E-state index in [1.807, 2.05) is 0 Å². The first-order chi connectivity index (χ1) is 51.1. The summed E-state index contributed by atoms with van der Waals surface area (Å²) < 4.78 is 9.06. The maximum Gasteiger partial charge on any atom is 0.252 e. The van der Waals surface area contributed by atoms with Crippen molar-refractivity contribution in [2.75, 3.05) is 9.80 Å². The van der Waals surface area contributed by atoms with Crippen molar-refractivity contribution in [2.24, 2.45) is 0 Å². The van der Waals surface area contributed by atoms with Crippen LogP contribution < -0.4 is 26.2 Å². The van der Waals surface area contributed by atoms with Crippen LogP contribution in [0, 0.1) is 0 Å². The van der Waals surface area contributed by atoms with Crippen LogP contribution in [0.15, 0.2) is 381 Å². The van der Waals surface area contributed by atoms with Crippen molar-refractivity contribution in [2.45, 2.75) is 0 Å². The van der Waals surface area contributed by atoms with Crippen LogP contribution in [0.5, 0.6) is 0 Å². The number of fused-ring (bicyclic) bond motifs is 12. The van der Waals surface area contributed by atoms with Gasteiger partial charge in [0.2, 0.25) is 0 Å². The second kappa shape index (κ2) is 23.6. The summed E-state index contributed by atoms with van der Waals surface area (Å²) >= 11 is 0. The molecule has 0 spiro atoms. The number of benzene rings is 17. The van der Waals surface area contributed by atoms with Crippen LogP contribution in [0.3, 0.4) is 0 Å². The molecule has 103 heavy (non-hydrogen) atoms. The van der Waals surface area contributed by atoms with Gasteiger partial charge in [-0.15, -0.1) is 0 Å². The first-order valence-electron chi connectivity index (χ1n) is 35.6. The second-order valence-corrected chi connectivity index (χ2v) is 27.3. The third-order valence-corrected chi connectivity index (χ3v) is 21.7. The molecule has 0 saturated heterocycles. The van der Waals surface area contributed by atoms with Crippen molar-refractivity contribution in [3.8, 4) is 83.6 Å². The smallest absolute Gasteiger partial charge is 0.252 e. The number of rotatable bonds is 10. The van der Waals surface area contributed by atoms with Gasteiger partial charge in [-0.1, -0.05) is 322 Å². The van der Waals surface area contributed by atoms with Crippen molar-refractivity contribution < 1.29 is 4.42 Å². The van der Waals surface area contributed by atoms with E-state index in [0.717, 1.165) is 134 Å². The lowest BCUT2D eigenvalue weighted by atomic mass is 9.33. The Labute approximate surface area is 597 Å². The SMILES string of the molecule is c1ccc(-c2cccc(-c3ccccc3)c2N2c3cc(-c4ccc5oc6ccccc6c5c4)ccc3B3c4ccc(-c5c6ccccc6c(-c6ccccc6)c6ccccc56)cc4N(c4c(-c5ccccc5)cccc4-c4ccccc4)c4cc(-n5c6ccccc6c6ccccc65)cc2c43)cc1. The Morgan fingerprint density at radius 2 is 0.573 bits per heavy atom. The Bertz CT molecular complexity index is 6400. The lowest BCUT2D eigenvalue weighted by molar-refractivity contribution is 0.669. The minimum Gasteiger partial charge on any atom is -0.456 e. The molecule has 0 N–H and O–H groups in total. The van der Waals surface area contributed by atoms with Crippen molar-refractivity contribution in [3.05, 3.63) is 376 Å². The average Bonchev–Trinajstić information content (AvgIpc) is 0.707. The molecule has 2 aliphatic heterocycles. The van der Waals surface area contributed by atoms with Crippen LogP contribution in [-0.4, -0.2) is 11.3 Å². The van der Waals surface area contributed by atoms with Gasteiger partial charge in [0.05, 0.1) is 28.1 Å². The first kappa shape index (κ1) is 58.5. The van der Waals surface area contributed by atoms with Gasteiger partial charge in [0.1, 0.15) is 11.2 Å². The van der Waals surface area contributed by atoms with E-state index >= 15 is 0 Å². The Morgan fingerprint density at radius 3 is 1.04 bits per heavy atom. The summed E-state index contributed by atoms with van der Waals surface area (Å²) in [5.74, 6) is 0. The molecule has 0 aliphatic carbocycles. The number of furan rings is 1. The molecular weight excluding hydrogens is 1250 g/mol. The number of aromatic nitrogens is 1. The van der Waals surface area contributed by atoms with Crippen LogP contribution in [-0.2, 0) is 0 Å². The molecule has 0 radical (unpaired) electrons. The Kier molecular flexibility index (Phi) is 13.4. The molecule has 2 aliphatic rings. The second-order valence-electron chi connectivity index (χ2n) is 27.3. The number of hydrogen-bond acceptors (Lipinski definition) is 3. The summed E-state index contributed by atoms with van der Waals surface area (Å²) in [7, 11) is 0. The van der Waals surface area contributed by atoms with E-state index < -0.39 is 0 Å². The summed E-state index contributed by atoms with van der Waals surface area (Å²) in [6.45, 7) is -0.278. The molecule has 0 saturated carbocycles. The van der Waals surface area contributed by atoms with E-state index in [1.54, 1.807) is 0 Å². The third-order valence-electron chi connectivity index (χ3n) is 21.7. The molecule has 17 aromatic carbocycles. The summed E-state index contributed by atoms with van der Waals surface area (Å²) in [6, 6.07) is 140. The molecule has 4 nitrogen and oxygen atoms in total.